The van der Waals surface area contributed by atoms with Crippen LogP contribution in [-0.4, -0.2) is 22.2 Å². The van der Waals surface area contributed by atoms with Gasteiger partial charge in [-0.15, -0.1) is 0 Å². The minimum Gasteiger partial charge on any atom is -0.481 e. The van der Waals surface area contributed by atoms with Crippen molar-refractivity contribution >= 4 is 11.9 Å². The number of aliphatic carboxylic acids is 2. The molecule has 0 amide bonds. The highest BCUT2D eigenvalue weighted by Crippen LogP contribution is 2.98. The quantitative estimate of drug-likeness (QED) is 0.740. The third kappa shape index (κ3) is 0.526. The van der Waals surface area contributed by atoms with Crippen LogP contribution < -0.4 is 0 Å². The summed E-state index contributed by atoms with van der Waals surface area (Å²) in [7, 11) is 0. The molecule has 0 spiro atoms. The fraction of sp³-hybridized carbons (Fsp3) is 0.846. The van der Waals surface area contributed by atoms with Crippen molar-refractivity contribution in [2.45, 2.75) is 6.92 Å². The molecule has 17 heavy (non-hydrogen) atoms. The van der Waals surface area contributed by atoms with Crippen LogP contribution in [0.1, 0.15) is 6.92 Å². The molecule has 90 valence electrons. The third-order valence-corrected chi connectivity index (χ3v) is 7.32. The molecule has 6 unspecified atom stereocenters. The first-order valence-corrected chi connectivity index (χ1v) is 6.47. The van der Waals surface area contributed by atoms with E-state index in [-0.39, 0.29) is 11.8 Å². The lowest BCUT2D eigenvalue weighted by atomic mass is 9.04. The van der Waals surface area contributed by atoms with Crippen molar-refractivity contribution in [1.82, 2.24) is 0 Å². The van der Waals surface area contributed by atoms with E-state index in [9.17, 15) is 19.8 Å². The van der Waals surface area contributed by atoms with Gasteiger partial charge in [-0.2, -0.15) is 0 Å². The molecular formula is C13H14O4. The molecule has 0 aromatic rings. The van der Waals surface area contributed by atoms with Crippen LogP contribution in [0, 0.1) is 58.7 Å². The van der Waals surface area contributed by atoms with Crippen molar-refractivity contribution in [2.24, 2.45) is 58.7 Å². The molecule has 0 aromatic carbocycles. The molecule has 6 atom stereocenters. The summed E-state index contributed by atoms with van der Waals surface area (Å²) in [5.74, 6) is 0.418. The summed E-state index contributed by atoms with van der Waals surface area (Å²) in [4.78, 5) is 22.8. The van der Waals surface area contributed by atoms with E-state index in [1.165, 1.54) is 0 Å². The summed E-state index contributed by atoms with van der Waals surface area (Å²) >= 11 is 0. The Hall–Kier alpha value is -1.06. The van der Waals surface area contributed by atoms with Crippen molar-refractivity contribution < 1.29 is 19.8 Å². The van der Waals surface area contributed by atoms with Crippen LogP contribution in [0.3, 0.4) is 0 Å². The Morgan fingerprint density at radius 1 is 0.824 bits per heavy atom. The second-order valence-electron chi connectivity index (χ2n) is 6.98. The van der Waals surface area contributed by atoms with Crippen LogP contribution >= 0.6 is 0 Å². The lowest BCUT2D eigenvalue weighted by Gasteiger charge is -2.99. The molecular weight excluding hydrogens is 220 g/mol. The van der Waals surface area contributed by atoms with Gasteiger partial charge in [-0.05, 0) is 46.8 Å². The van der Waals surface area contributed by atoms with E-state index in [2.05, 4.69) is 6.92 Å². The zero-order chi connectivity index (χ0) is 11.9. The highest BCUT2D eigenvalue weighted by Gasteiger charge is 2.96. The van der Waals surface area contributed by atoms with Crippen LogP contribution in [0.15, 0.2) is 0 Å². The number of rotatable bonds is 2. The fourth-order valence-electron chi connectivity index (χ4n) is 7.35. The van der Waals surface area contributed by atoms with Crippen LogP contribution in [0.5, 0.6) is 0 Å². The molecule has 6 rings (SSSR count). The van der Waals surface area contributed by atoms with Crippen molar-refractivity contribution in [3.8, 4) is 0 Å². The summed E-state index contributed by atoms with van der Waals surface area (Å²) in [6.45, 7) is 2.30. The lowest BCUT2D eigenvalue weighted by molar-refractivity contribution is -0.526. The molecule has 0 heterocycles. The van der Waals surface area contributed by atoms with Crippen LogP contribution in [-0.2, 0) is 9.59 Å². The van der Waals surface area contributed by atoms with Crippen LogP contribution in [0.25, 0.3) is 0 Å². The Morgan fingerprint density at radius 3 is 1.71 bits per heavy atom. The molecule has 2 bridgehead atoms. The van der Waals surface area contributed by atoms with Gasteiger partial charge in [-0.25, -0.2) is 0 Å². The first kappa shape index (κ1) is 8.95. The third-order valence-electron chi connectivity index (χ3n) is 7.32. The average Bonchev–Trinajstić information content (AvgIpc) is 2.24. The maximum absolute atomic E-state index is 11.4. The normalized spacial score (nSPS) is 71.2. The Balaban J connectivity index is 1.63. The van der Waals surface area contributed by atoms with E-state index in [0.29, 0.717) is 29.1 Å². The zero-order valence-corrected chi connectivity index (χ0v) is 9.41. The molecule has 2 N–H and O–H groups in total. The second kappa shape index (κ2) is 2.02. The van der Waals surface area contributed by atoms with Gasteiger partial charge in [0.1, 0.15) is 0 Å². The SMILES string of the molecule is CC12C3C4C(C(=O)O)C(C(=O)O)C5C3C1C5C42. The van der Waals surface area contributed by atoms with E-state index in [1.54, 1.807) is 0 Å². The van der Waals surface area contributed by atoms with E-state index in [1.807, 2.05) is 0 Å². The number of fused-ring (bicyclic) bond motifs is 1. The minimum absolute atomic E-state index is 0.184. The van der Waals surface area contributed by atoms with Gasteiger partial charge >= 0.3 is 11.9 Å². The topological polar surface area (TPSA) is 74.6 Å². The van der Waals surface area contributed by atoms with Gasteiger partial charge in [0.25, 0.3) is 0 Å². The van der Waals surface area contributed by atoms with Crippen LogP contribution in [0.4, 0.5) is 0 Å². The number of hydrogen-bond donors (Lipinski definition) is 2. The summed E-state index contributed by atoms with van der Waals surface area (Å²) in [6, 6.07) is 0. The Bertz CT molecular complexity index is 478. The van der Waals surface area contributed by atoms with Crippen molar-refractivity contribution in [3.05, 3.63) is 0 Å². The molecule has 6 aliphatic rings. The van der Waals surface area contributed by atoms with Crippen molar-refractivity contribution in [3.63, 3.8) is 0 Å². The fourth-order valence-corrected chi connectivity index (χ4v) is 7.35. The van der Waals surface area contributed by atoms with Gasteiger partial charge < -0.3 is 10.2 Å². The number of carboxylic acid groups (broad SMARTS) is 2. The van der Waals surface area contributed by atoms with E-state index >= 15 is 0 Å². The summed E-state index contributed by atoms with van der Waals surface area (Å²) in [5, 5.41) is 18.7. The monoisotopic (exact) mass is 234 g/mol. The maximum Gasteiger partial charge on any atom is 0.307 e. The lowest BCUT2D eigenvalue weighted by Crippen LogP contribution is -2.97. The largest absolute Gasteiger partial charge is 0.481 e. The van der Waals surface area contributed by atoms with Gasteiger partial charge in [0.15, 0.2) is 0 Å². The molecule has 6 fully saturated rings. The van der Waals surface area contributed by atoms with Crippen molar-refractivity contribution in [2.75, 3.05) is 0 Å². The Labute approximate surface area is 98.0 Å². The highest BCUT2D eigenvalue weighted by atomic mass is 16.4. The predicted octanol–water partition coefficient (Wildman–Crippen LogP) is 0.776. The Morgan fingerprint density at radius 2 is 1.24 bits per heavy atom. The summed E-state index contributed by atoms with van der Waals surface area (Å²) < 4.78 is 0. The summed E-state index contributed by atoms with van der Waals surface area (Å²) in [5.41, 5.74) is 0.424. The molecule has 0 aromatic heterocycles. The van der Waals surface area contributed by atoms with Crippen LogP contribution in [0.2, 0.25) is 0 Å². The van der Waals surface area contributed by atoms with Gasteiger partial charge in [-0.3, -0.25) is 9.59 Å². The predicted molar refractivity (Wildman–Crippen MR) is 54.8 cm³/mol. The van der Waals surface area contributed by atoms with E-state index in [4.69, 9.17) is 0 Å². The standard InChI is InChI=1S/C13H14O4/c1-13-8-5-2-3(11(14)15)4(12(16)17)7(9(5)13)10(13)6(2)8/h2-10H,1H3,(H,14,15)(H,16,17). The zero-order valence-electron chi connectivity index (χ0n) is 9.41. The van der Waals surface area contributed by atoms with Crippen molar-refractivity contribution in [1.29, 1.82) is 0 Å². The molecule has 0 radical (unpaired) electrons. The average molecular weight is 234 g/mol. The van der Waals surface area contributed by atoms with E-state index < -0.39 is 23.8 Å². The van der Waals surface area contributed by atoms with Gasteiger partial charge in [0, 0.05) is 0 Å². The smallest absolute Gasteiger partial charge is 0.307 e. The van der Waals surface area contributed by atoms with Gasteiger partial charge in [0.05, 0.1) is 11.8 Å². The summed E-state index contributed by atoms with van der Waals surface area (Å²) in [6.07, 6.45) is 0. The number of hydrogen-bond acceptors (Lipinski definition) is 2. The van der Waals surface area contributed by atoms with Gasteiger partial charge in [0.2, 0.25) is 0 Å². The molecule has 6 saturated carbocycles. The first-order chi connectivity index (χ1) is 8.01. The number of carbonyl (C=O) groups is 2. The van der Waals surface area contributed by atoms with E-state index in [0.717, 1.165) is 5.92 Å². The molecule has 6 aliphatic carbocycles. The van der Waals surface area contributed by atoms with Gasteiger partial charge in [-0.1, -0.05) is 6.92 Å². The first-order valence-electron chi connectivity index (χ1n) is 6.47. The second-order valence-corrected chi connectivity index (χ2v) is 6.98. The molecule has 0 saturated heterocycles. The Kier molecular flexibility index (Phi) is 1.06. The molecule has 4 nitrogen and oxygen atoms in total. The highest BCUT2D eigenvalue weighted by molar-refractivity contribution is 5.83. The molecule has 0 aliphatic heterocycles. The molecule has 4 heteroatoms. The minimum atomic E-state index is -0.873. The number of carboxylic acids is 2. The maximum atomic E-state index is 11.4.